The van der Waals surface area contributed by atoms with Crippen molar-refractivity contribution in [1.82, 2.24) is 0 Å². The molecular formula is C28H46O3SiSn2. The molecule has 2 aromatic carbocycles. The summed E-state index contributed by atoms with van der Waals surface area (Å²) in [6.07, 6.45) is 0. The van der Waals surface area contributed by atoms with Gasteiger partial charge in [0.05, 0.1) is 0 Å². The minimum absolute atomic E-state index is 0.0722. The van der Waals surface area contributed by atoms with Crippen LogP contribution >= 0.6 is 0 Å². The Morgan fingerprint density at radius 1 is 0.471 bits per heavy atom. The van der Waals surface area contributed by atoms with Crippen molar-refractivity contribution in [2.45, 2.75) is 96.8 Å². The van der Waals surface area contributed by atoms with Gasteiger partial charge in [-0.2, -0.15) is 0 Å². The first kappa shape index (κ1) is 28.7. The normalized spacial score (nSPS) is 20.7. The van der Waals surface area contributed by atoms with Gasteiger partial charge in [-0.1, -0.05) is 0 Å². The Balaban J connectivity index is 2.54. The van der Waals surface area contributed by atoms with Crippen LogP contribution in [0, 0.1) is 0 Å². The third-order valence-electron chi connectivity index (χ3n) is 7.12. The first-order valence-electron chi connectivity index (χ1n) is 12.5. The Morgan fingerprint density at radius 2 is 0.735 bits per heavy atom. The topological polar surface area (TPSA) is 27.7 Å². The second kappa shape index (κ2) is 9.15. The van der Waals surface area contributed by atoms with Crippen LogP contribution in [0.1, 0.15) is 83.1 Å². The molecule has 0 spiro atoms. The van der Waals surface area contributed by atoms with E-state index >= 15 is 0 Å². The molecule has 1 aliphatic heterocycles. The molecule has 0 N–H and O–H groups in total. The first-order valence-corrected chi connectivity index (χ1v) is 24.7. The van der Waals surface area contributed by atoms with Crippen molar-refractivity contribution >= 4 is 57.3 Å². The molecule has 0 atom stereocenters. The van der Waals surface area contributed by atoms with Gasteiger partial charge in [0.15, 0.2) is 0 Å². The average molecular weight is 696 g/mol. The van der Waals surface area contributed by atoms with Crippen molar-refractivity contribution in [2.75, 3.05) is 0 Å². The molecule has 2 aromatic rings. The van der Waals surface area contributed by atoms with Crippen LogP contribution in [-0.2, 0) is 6.94 Å². The van der Waals surface area contributed by atoms with Gasteiger partial charge in [0.1, 0.15) is 0 Å². The molecule has 6 heteroatoms. The van der Waals surface area contributed by atoms with Gasteiger partial charge in [-0.25, -0.2) is 0 Å². The molecule has 3 nitrogen and oxygen atoms in total. The SMILES string of the molecule is C[C](C)(C)[Sn]1([C](C)(C)C)[O][Si](c2ccccc2)(c2ccccc2)[O][Sn]([C](C)(C)C)([C](C)(C)C)[O]1. The zero-order valence-electron chi connectivity index (χ0n) is 23.5. The van der Waals surface area contributed by atoms with Gasteiger partial charge in [0.2, 0.25) is 0 Å². The number of rotatable bonds is 2. The molecule has 3 rings (SSSR count). The maximum atomic E-state index is 7.83. The summed E-state index contributed by atoms with van der Waals surface area (Å²) in [4.78, 5) is 0. The molecule has 0 bridgehead atoms. The molecule has 0 saturated carbocycles. The fourth-order valence-electron chi connectivity index (χ4n) is 5.86. The predicted molar refractivity (Wildman–Crippen MR) is 152 cm³/mol. The number of hydrogen-bond acceptors (Lipinski definition) is 3. The Kier molecular flexibility index (Phi) is 7.73. The van der Waals surface area contributed by atoms with Crippen molar-refractivity contribution in [3.05, 3.63) is 60.7 Å². The van der Waals surface area contributed by atoms with Gasteiger partial charge in [-0.3, -0.25) is 0 Å². The molecule has 0 aliphatic carbocycles. The summed E-state index contributed by atoms with van der Waals surface area (Å²) >= 11 is -7.96. The zero-order chi connectivity index (χ0) is 25.8. The molecule has 0 aromatic heterocycles. The maximum absolute atomic E-state index is 7.83. The quantitative estimate of drug-likeness (QED) is 0.307. The van der Waals surface area contributed by atoms with Crippen LogP contribution in [-0.4, -0.2) is 47.0 Å². The van der Waals surface area contributed by atoms with E-state index in [0.717, 1.165) is 0 Å². The summed E-state index contributed by atoms with van der Waals surface area (Å²) in [7, 11) is -3.08. The Hall–Kier alpha value is 0.134. The van der Waals surface area contributed by atoms with Gasteiger partial charge in [0, 0.05) is 0 Å². The van der Waals surface area contributed by atoms with E-state index in [1.165, 1.54) is 10.4 Å². The number of hydrogen-bond donors (Lipinski definition) is 0. The van der Waals surface area contributed by atoms with Gasteiger partial charge in [-0.15, -0.1) is 0 Å². The summed E-state index contributed by atoms with van der Waals surface area (Å²) in [6, 6.07) is 21.6. The van der Waals surface area contributed by atoms with E-state index in [9.17, 15) is 0 Å². The Labute approximate surface area is 220 Å². The zero-order valence-corrected chi connectivity index (χ0v) is 30.2. The number of benzene rings is 2. The van der Waals surface area contributed by atoms with E-state index in [0.29, 0.717) is 0 Å². The molecule has 0 unspecified atom stereocenters. The molecule has 34 heavy (non-hydrogen) atoms. The first-order chi connectivity index (χ1) is 15.3. The van der Waals surface area contributed by atoms with Crippen LogP contribution in [0.4, 0.5) is 0 Å². The average Bonchev–Trinajstić information content (AvgIpc) is 2.71. The summed E-state index contributed by atoms with van der Waals surface area (Å²) in [5.74, 6) is 0. The van der Waals surface area contributed by atoms with Crippen molar-refractivity contribution in [3.8, 4) is 0 Å². The van der Waals surface area contributed by atoms with E-state index < -0.39 is 47.0 Å². The van der Waals surface area contributed by atoms with E-state index in [4.69, 9.17) is 6.94 Å². The molecule has 1 aliphatic rings. The standard InChI is InChI=1S/C12H10O2Si.4C4H9.O.2Sn/c13-15(14,11-7-3-1-4-8-11)12-9-5-2-6-10-12;4*1-4(2)3;;;/h1-10H;4*1-3H3;;;/q-2;;;;;;2*+1. The molecule has 0 amide bonds. The second-order valence-electron chi connectivity index (χ2n) is 13.9. The molecular weight excluding hydrogens is 650 g/mol. The van der Waals surface area contributed by atoms with E-state index in [2.05, 4.69) is 144 Å². The van der Waals surface area contributed by atoms with Crippen LogP contribution in [0.3, 0.4) is 0 Å². The molecule has 0 radical (unpaired) electrons. The third kappa shape index (κ3) is 4.62. The van der Waals surface area contributed by atoms with Crippen molar-refractivity contribution in [1.29, 1.82) is 0 Å². The van der Waals surface area contributed by atoms with Crippen molar-refractivity contribution in [3.63, 3.8) is 0 Å². The van der Waals surface area contributed by atoms with Crippen LogP contribution in [0.15, 0.2) is 60.7 Å². The van der Waals surface area contributed by atoms with E-state index in [1.807, 2.05) is 0 Å². The van der Waals surface area contributed by atoms with Gasteiger partial charge < -0.3 is 0 Å². The van der Waals surface area contributed by atoms with Gasteiger partial charge >= 0.3 is 222 Å². The molecule has 1 fully saturated rings. The molecule has 1 heterocycles. The van der Waals surface area contributed by atoms with Gasteiger partial charge in [0.25, 0.3) is 0 Å². The van der Waals surface area contributed by atoms with Crippen LogP contribution in [0.25, 0.3) is 0 Å². The Bertz CT molecular complexity index is 871. The molecule has 1 saturated heterocycles. The summed E-state index contributed by atoms with van der Waals surface area (Å²) < 4.78 is 23.1. The minimum atomic E-state index is -3.98. The summed E-state index contributed by atoms with van der Waals surface area (Å²) in [6.45, 7) is 28.3. The van der Waals surface area contributed by atoms with Crippen LogP contribution in [0.2, 0.25) is 13.7 Å². The van der Waals surface area contributed by atoms with Crippen LogP contribution < -0.4 is 10.4 Å². The second-order valence-corrected chi connectivity index (χ2v) is 48.8. The fourth-order valence-corrected chi connectivity index (χ4v) is 88.5. The Morgan fingerprint density at radius 3 is 0.971 bits per heavy atom. The van der Waals surface area contributed by atoms with E-state index in [1.54, 1.807) is 0 Å². The van der Waals surface area contributed by atoms with Gasteiger partial charge in [-0.05, 0) is 0 Å². The van der Waals surface area contributed by atoms with Crippen molar-refractivity contribution < 1.29 is 6.94 Å². The fraction of sp³-hybridized carbons (Fsp3) is 0.571. The van der Waals surface area contributed by atoms with Crippen LogP contribution in [0.5, 0.6) is 0 Å². The monoisotopic (exact) mass is 698 g/mol. The van der Waals surface area contributed by atoms with E-state index in [-0.39, 0.29) is 13.7 Å². The summed E-state index contributed by atoms with van der Waals surface area (Å²) in [5, 5.41) is 2.40. The summed E-state index contributed by atoms with van der Waals surface area (Å²) in [5.41, 5.74) is 0. The molecule has 188 valence electrons. The predicted octanol–water partition coefficient (Wildman–Crippen LogP) is 7.39. The van der Waals surface area contributed by atoms with Crippen molar-refractivity contribution in [2.24, 2.45) is 0 Å². The third-order valence-corrected chi connectivity index (χ3v) is 55.5.